The quantitative estimate of drug-likeness (QED) is 0.285. The molecule has 10 nitrogen and oxygen atoms in total. The van der Waals surface area contributed by atoms with Crippen molar-refractivity contribution in [2.75, 3.05) is 71.7 Å². The minimum atomic E-state index is -1.30. The highest BCUT2D eigenvalue weighted by atomic mass is 16.6. The van der Waals surface area contributed by atoms with Gasteiger partial charge in [0.25, 0.3) is 0 Å². The third-order valence-corrected chi connectivity index (χ3v) is 8.12. The van der Waals surface area contributed by atoms with Crippen LogP contribution in [0.15, 0.2) is 42.5 Å². The van der Waals surface area contributed by atoms with Gasteiger partial charge in [0.05, 0.1) is 45.2 Å². The van der Waals surface area contributed by atoms with Crippen molar-refractivity contribution in [3.63, 3.8) is 0 Å². The first kappa shape index (κ1) is 35.0. The zero-order valence-corrected chi connectivity index (χ0v) is 27.9. The van der Waals surface area contributed by atoms with E-state index in [-0.39, 0.29) is 13.2 Å². The molecule has 2 heterocycles. The summed E-state index contributed by atoms with van der Waals surface area (Å²) < 4.78 is 34.4. The number of hydrogen-bond acceptors (Lipinski definition) is 9. The Hall–Kier alpha value is -2.89. The van der Waals surface area contributed by atoms with Crippen LogP contribution in [0, 0.1) is 5.92 Å². The highest BCUT2D eigenvalue weighted by molar-refractivity contribution is 5.68. The van der Waals surface area contributed by atoms with Gasteiger partial charge < -0.3 is 43.3 Å². The maximum absolute atomic E-state index is 13.0. The third-order valence-electron chi connectivity index (χ3n) is 8.12. The minimum absolute atomic E-state index is 0.199. The molecule has 250 valence electrons. The number of benzene rings is 2. The summed E-state index contributed by atoms with van der Waals surface area (Å²) in [6.07, 6.45) is 0.142. The van der Waals surface area contributed by atoms with E-state index in [9.17, 15) is 9.90 Å². The van der Waals surface area contributed by atoms with Gasteiger partial charge in [0, 0.05) is 46.3 Å². The average Bonchev–Trinajstić information content (AvgIpc) is 3.00. The number of ether oxygens (including phenoxy) is 6. The molecular weight excluding hydrogens is 576 g/mol. The molecule has 4 rings (SSSR count). The summed E-state index contributed by atoms with van der Waals surface area (Å²) >= 11 is 0. The number of carbonyl (C=O) groups is 1. The molecule has 1 amide bonds. The fraction of sp³-hybridized carbons (Fsp3) is 0.629. The Morgan fingerprint density at radius 3 is 2.51 bits per heavy atom. The lowest BCUT2D eigenvalue weighted by Crippen LogP contribution is -2.56. The SMILES string of the molecule is COCCCN1CCOc2ccc(CO[C@H]3CN(C(=O)OC(C)(C)C)CC[C@]3(O)c3ccc(COC[C@@H](C)COC)cc3)cc21. The van der Waals surface area contributed by atoms with Crippen LogP contribution in [0.3, 0.4) is 0 Å². The fourth-order valence-electron chi connectivity index (χ4n) is 5.76. The number of aliphatic hydroxyl groups is 1. The third kappa shape index (κ3) is 9.80. The maximum atomic E-state index is 13.0. The number of rotatable bonds is 14. The molecule has 45 heavy (non-hydrogen) atoms. The van der Waals surface area contributed by atoms with Gasteiger partial charge in [0.15, 0.2) is 0 Å². The Labute approximate surface area is 268 Å². The molecule has 1 saturated heterocycles. The van der Waals surface area contributed by atoms with E-state index in [1.165, 1.54) is 0 Å². The molecule has 2 aliphatic rings. The Morgan fingerprint density at radius 2 is 1.80 bits per heavy atom. The number of nitrogens with zero attached hydrogens (tertiary/aromatic N) is 2. The highest BCUT2D eigenvalue weighted by Gasteiger charge is 2.45. The molecular formula is C35H52N2O8. The van der Waals surface area contributed by atoms with Crippen LogP contribution in [0.2, 0.25) is 0 Å². The summed E-state index contributed by atoms with van der Waals surface area (Å²) in [5.74, 6) is 1.16. The first-order chi connectivity index (χ1) is 21.5. The van der Waals surface area contributed by atoms with Crippen LogP contribution < -0.4 is 9.64 Å². The number of piperidine rings is 1. The van der Waals surface area contributed by atoms with Gasteiger partial charge in [0.1, 0.15) is 29.7 Å². The van der Waals surface area contributed by atoms with E-state index in [0.29, 0.717) is 51.9 Å². The van der Waals surface area contributed by atoms with E-state index in [0.717, 1.165) is 47.6 Å². The number of fused-ring (bicyclic) bond motifs is 1. The van der Waals surface area contributed by atoms with Crippen molar-refractivity contribution >= 4 is 11.8 Å². The van der Waals surface area contributed by atoms with Crippen LogP contribution in [0.1, 0.15) is 57.2 Å². The second kappa shape index (κ2) is 16.1. The number of likely N-dealkylation sites (tertiary alicyclic amines) is 1. The van der Waals surface area contributed by atoms with Crippen molar-refractivity contribution < 1.29 is 38.3 Å². The van der Waals surface area contributed by atoms with Crippen LogP contribution in [-0.4, -0.2) is 94.6 Å². The van der Waals surface area contributed by atoms with Gasteiger partial charge in [-0.25, -0.2) is 4.79 Å². The predicted octanol–water partition coefficient (Wildman–Crippen LogP) is 5.13. The first-order valence-electron chi connectivity index (χ1n) is 16.0. The van der Waals surface area contributed by atoms with E-state index in [2.05, 4.69) is 17.9 Å². The van der Waals surface area contributed by atoms with Crippen LogP contribution in [0.25, 0.3) is 0 Å². The topological polar surface area (TPSA) is 99.2 Å². The van der Waals surface area contributed by atoms with Crippen LogP contribution >= 0.6 is 0 Å². The second-order valence-electron chi connectivity index (χ2n) is 13.2. The first-order valence-corrected chi connectivity index (χ1v) is 16.0. The van der Waals surface area contributed by atoms with Crippen molar-refractivity contribution in [1.82, 2.24) is 4.90 Å². The Balaban J connectivity index is 1.49. The van der Waals surface area contributed by atoms with Gasteiger partial charge in [0.2, 0.25) is 0 Å². The molecule has 1 fully saturated rings. The predicted molar refractivity (Wildman–Crippen MR) is 173 cm³/mol. The molecule has 0 aromatic heterocycles. The number of carbonyl (C=O) groups excluding carboxylic acids is 1. The standard InChI is InChI=1S/C35H52N2O8/c1-26(22-41-6)23-42-24-27-8-11-29(12-9-27)35(39)14-16-37(33(38)45-34(2,3)4)21-32(35)44-25-28-10-13-31-30(20-28)36(17-19-43-31)15-7-18-40-5/h8-13,20,26,32,39H,7,14-19,21-25H2,1-6H3/t26-,32-,35-/m0/s1. The molecule has 0 radical (unpaired) electrons. The van der Waals surface area contributed by atoms with Gasteiger partial charge in [-0.3, -0.25) is 0 Å². The molecule has 2 aliphatic heterocycles. The number of hydrogen-bond donors (Lipinski definition) is 1. The maximum Gasteiger partial charge on any atom is 0.410 e. The molecule has 2 aromatic carbocycles. The molecule has 0 aliphatic carbocycles. The second-order valence-corrected chi connectivity index (χ2v) is 13.2. The Kier molecular flexibility index (Phi) is 12.5. The lowest BCUT2D eigenvalue weighted by atomic mass is 9.81. The molecule has 0 unspecified atom stereocenters. The van der Waals surface area contributed by atoms with E-state index >= 15 is 0 Å². The van der Waals surface area contributed by atoms with E-state index < -0.39 is 23.4 Å². The summed E-state index contributed by atoms with van der Waals surface area (Å²) in [6, 6.07) is 13.9. The molecule has 0 bridgehead atoms. The summed E-state index contributed by atoms with van der Waals surface area (Å²) in [4.78, 5) is 17.0. The van der Waals surface area contributed by atoms with Crippen molar-refractivity contribution in [3.05, 3.63) is 59.2 Å². The molecule has 10 heteroatoms. The molecule has 1 N–H and O–H groups in total. The van der Waals surface area contributed by atoms with E-state index in [4.69, 9.17) is 28.4 Å². The molecule has 2 aromatic rings. The molecule has 0 saturated carbocycles. The number of amides is 1. The monoisotopic (exact) mass is 628 g/mol. The Bertz CT molecular complexity index is 1220. The van der Waals surface area contributed by atoms with Crippen molar-refractivity contribution in [3.8, 4) is 5.75 Å². The van der Waals surface area contributed by atoms with E-state index in [1.54, 1.807) is 19.1 Å². The lowest BCUT2D eigenvalue weighted by Gasteiger charge is -2.44. The smallest absolute Gasteiger partial charge is 0.410 e. The largest absolute Gasteiger partial charge is 0.490 e. The highest BCUT2D eigenvalue weighted by Crippen LogP contribution is 2.37. The van der Waals surface area contributed by atoms with Gasteiger partial charge >= 0.3 is 6.09 Å². The summed E-state index contributed by atoms with van der Waals surface area (Å²) in [5, 5.41) is 12.2. The number of methoxy groups -OCH3 is 2. The van der Waals surface area contributed by atoms with Gasteiger partial charge in [-0.1, -0.05) is 37.3 Å². The number of anilines is 1. The van der Waals surface area contributed by atoms with Crippen molar-refractivity contribution in [1.29, 1.82) is 0 Å². The fourth-order valence-corrected chi connectivity index (χ4v) is 5.76. The summed E-state index contributed by atoms with van der Waals surface area (Å²) in [5.41, 5.74) is 1.83. The van der Waals surface area contributed by atoms with Crippen LogP contribution in [0.4, 0.5) is 10.5 Å². The molecule has 3 atom stereocenters. The normalized spacial score (nSPS) is 20.8. The molecule has 0 spiro atoms. The zero-order valence-electron chi connectivity index (χ0n) is 27.9. The van der Waals surface area contributed by atoms with E-state index in [1.807, 2.05) is 57.2 Å². The Morgan fingerprint density at radius 1 is 1.04 bits per heavy atom. The lowest BCUT2D eigenvalue weighted by molar-refractivity contribution is -0.154. The van der Waals surface area contributed by atoms with Gasteiger partial charge in [-0.2, -0.15) is 0 Å². The van der Waals surface area contributed by atoms with Crippen LogP contribution in [0.5, 0.6) is 5.75 Å². The van der Waals surface area contributed by atoms with Gasteiger partial charge in [-0.15, -0.1) is 0 Å². The zero-order chi connectivity index (χ0) is 32.5. The van der Waals surface area contributed by atoms with Crippen LogP contribution in [-0.2, 0) is 42.5 Å². The van der Waals surface area contributed by atoms with Crippen molar-refractivity contribution in [2.24, 2.45) is 5.92 Å². The van der Waals surface area contributed by atoms with Crippen molar-refractivity contribution in [2.45, 2.75) is 71.1 Å². The van der Waals surface area contributed by atoms with Gasteiger partial charge in [-0.05, 0) is 56.0 Å². The summed E-state index contributed by atoms with van der Waals surface area (Å²) in [7, 11) is 3.41. The minimum Gasteiger partial charge on any atom is -0.490 e. The average molecular weight is 629 g/mol. The summed E-state index contributed by atoms with van der Waals surface area (Å²) in [6.45, 7) is 13.2.